The Kier molecular flexibility index (Phi) is 4.56. The van der Waals surface area contributed by atoms with Crippen LogP contribution >= 0.6 is 11.3 Å². The Labute approximate surface area is 160 Å². The van der Waals surface area contributed by atoms with Gasteiger partial charge in [0.1, 0.15) is 10.2 Å². The number of hydrogen-bond donors (Lipinski definition) is 2. The Morgan fingerprint density at radius 1 is 1.37 bits per heavy atom. The number of piperidine rings is 1. The fourth-order valence-electron chi connectivity index (χ4n) is 3.52. The Hall–Kier alpha value is -2.89. The van der Waals surface area contributed by atoms with E-state index in [4.69, 9.17) is 16.5 Å². The summed E-state index contributed by atoms with van der Waals surface area (Å²) in [6, 6.07) is 9.55. The van der Waals surface area contributed by atoms with Gasteiger partial charge in [-0.1, -0.05) is 18.2 Å². The van der Waals surface area contributed by atoms with Gasteiger partial charge in [0.25, 0.3) is 5.56 Å². The summed E-state index contributed by atoms with van der Waals surface area (Å²) in [5, 5.41) is 11.1. The minimum Gasteiger partial charge on any atom is -0.396 e. The van der Waals surface area contributed by atoms with Gasteiger partial charge in [-0.3, -0.25) is 9.36 Å². The third kappa shape index (κ3) is 3.16. The average molecular weight is 380 g/mol. The molecule has 0 aliphatic carbocycles. The summed E-state index contributed by atoms with van der Waals surface area (Å²) in [5.74, 6) is 0.570. The molecular formula is C19H20N6OS. The molecule has 2 aromatic heterocycles. The van der Waals surface area contributed by atoms with Crippen LogP contribution in [0.1, 0.15) is 24.0 Å². The maximum Gasteiger partial charge on any atom is 0.273 e. The van der Waals surface area contributed by atoms with E-state index in [1.54, 1.807) is 16.0 Å². The Bertz CT molecular complexity index is 1100. The molecule has 1 atom stereocenters. The molecule has 27 heavy (non-hydrogen) atoms. The first kappa shape index (κ1) is 17.5. The molecule has 0 bridgehead atoms. The van der Waals surface area contributed by atoms with Crippen LogP contribution in [0.25, 0.3) is 10.2 Å². The zero-order chi connectivity index (χ0) is 19.0. The average Bonchev–Trinajstić information content (AvgIpc) is 3.05. The maximum atomic E-state index is 13.2. The van der Waals surface area contributed by atoms with E-state index in [2.05, 4.69) is 11.0 Å². The molecule has 3 heterocycles. The molecule has 4 N–H and O–H groups in total. The number of anilines is 2. The Balaban J connectivity index is 1.89. The highest BCUT2D eigenvalue weighted by Crippen LogP contribution is 2.27. The first-order chi connectivity index (χ1) is 13.1. The molecule has 0 radical (unpaired) electrons. The predicted molar refractivity (Wildman–Crippen MR) is 108 cm³/mol. The SMILES string of the molecule is N#Cc1ccccc1Cn1c(N2CCCC(N)C2)nc2c(N)csc2c1=O. The summed E-state index contributed by atoms with van der Waals surface area (Å²) in [6.07, 6.45) is 1.91. The molecule has 8 heteroatoms. The van der Waals surface area contributed by atoms with Crippen LogP contribution in [0.4, 0.5) is 11.6 Å². The first-order valence-electron chi connectivity index (χ1n) is 8.84. The Morgan fingerprint density at radius 3 is 2.96 bits per heavy atom. The minimum absolute atomic E-state index is 0.0472. The largest absolute Gasteiger partial charge is 0.396 e. The number of nitrogens with zero attached hydrogens (tertiary/aromatic N) is 4. The number of hydrogen-bond acceptors (Lipinski definition) is 7. The molecule has 7 nitrogen and oxygen atoms in total. The van der Waals surface area contributed by atoms with Gasteiger partial charge in [0.2, 0.25) is 5.95 Å². The van der Waals surface area contributed by atoms with Crippen molar-refractivity contribution < 1.29 is 0 Å². The normalized spacial score (nSPS) is 17.2. The van der Waals surface area contributed by atoms with Crippen molar-refractivity contribution in [2.45, 2.75) is 25.4 Å². The van der Waals surface area contributed by atoms with Crippen molar-refractivity contribution in [3.05, 3.63) is 51.1 Å². The fraction of sp³-hybridized carbons (Fsp3) is 0.316. The van der Waals surface area contributed by atoms with E-state index in [1.165, 1.54) is 11.3 Å². The standard InChI is InChI=1S/C19H20N6OS/c20-8-12-4-1-2-5-13(12)9-25-18(26)17-16(15(22)11-27-17)23-19(25)24-7-3-6-14(21)10-24/h1-2,4-5,11,14H,3,6-7,9-10,21-22H2. The number of benzene rings is 1. The van der Waals surface area contributed by atoms with Crippen molar-refractivity contribution >= 4 is 33.2 Å². The van der Waals surface area contributed by atoms with Crippen molar-refractivity contribution in [2.24, 2.45) is 5.73 Å². The minimum atomic E-state index is -0.136. The number of aromatic nitrogens is 2. The summed E-state index contributed by atoms with van der Waals surface area (Å²) >= 11 is 1.30. The topological polar surface area (TPSA) is 114 Å². The van der Waals surface area contributed by atoms with E-state index in [9.17, 15) is 10.1 Å². The van der Waals surface area contributed by atoms with Crippen LogP contribution in [0.5, 0.6) is 0 Å². The van der Waals surface area contributed by atoms with Crippen LogP contribution in [-0.2, 0) is 6.54 Å². The van der Waals surface area contributed by atoms with Crippen molar-refractivity contribution in [3.63, 3.8) is 0 Å². The smallest absolute Gasteiger partial charge is 0.273 e. The van der Waals surface area contributed by atoms with Crippen molar-refractivity contribution in [1.82, 2.24) is 9.55 Å². The zero-order valence-electron chi connectivity index (χ0n) is 14.8. The first-order valence-corrected chi connectivity index (χ1v) is 9.72. The molecule has 0 amide bonds. The quantitative estimate of drug-likeness (QED) is 0.717. The number of nitrogen functional groups attached to an aromatic ring is 1. The lowest BCUT2D eigenvalue weighted by Crippen LogP contribution is -2.45. The second-order valence-electron chi connectivity index (χ2n) is 6.79. The fourth-order valence-corrected chi connectivity index (χ4v) is 4.36. The van der Waals surface area contributed by atoms with E-state index in [0.717, 1.165) is 24.9 Å². The highest BCUT2D eigenvalue weighted by atomic mass is 32.1. The summed E-state index contributed by atoms with van der Waals surface area (Å²) < 4.78 is 2.18. The highest BCUT2D eigenvalue weighted by molar-refractivity contribution is 7.17. The molecule has 1 saturated heterocycles. The van der Waals surface area contributed by atoms with Crippen molar-refractivity contribution in [3.8, 4) is 6.07 Å². The highest BCUT2D eigenvalue weighted by Gasteiger charge is 2.24. The summed E-state index contributed by atoms with van der Waals surface area (Å²) in [5.41, 5.74) is 14.4. The van der Waals surface area contributed by atoms with Gasteiger partial charge in [-0.2, -0.15) is 5.26 Å². The molecule has 1 fully saturated rings. The monoisotopic (exact) mass is 380 g/mol. The second kappa shape index (κ2) is 7.02. The van der Waals surface area contributed by atoms with Crippen LogP contribution in [0, 0.1) is 11.3 Å². The molecule has 1 aliphatic heterocycles. The van der Waals surface area contributed by atoms with Gasteiger partial charge in [-0.05, 0) is 24.5 Å². The van der Waals surface area contributed by atoms with Gasteiger partial charge in [-0.25, -0.2) is 4.98 Å². The van der Waals surface area contributed by atoms with Gasteiger partial charge in [-0.15, -0.1) is 11.3 Å². The number of thiophene rings is 1. The molecular weight excluding hydrogens is 360 g/mol. The molecule has 0 saturated carbocycles. The second-order valence-corrected chi connectivity index (χ2v) is 7.67. The molecule has 1 aliphatic rings. The lowest BCUT2D eigenvalue weighted by molar-refractivity contribution is 0.492. The summed E-state index contributed by atoms with van der Waals surface area (Å²) in [4.78, 5) is 20.0. The van der Waals surface area contributed by atoms with Crippen LogP contribution in [0.3, 0.4) is 0 Å². The zero-order valence-corrected chi connectivity index (χ0v) is 15.6. The molecule has 0 spiro atoms. The maximum absolute atomic E-state index is 13.2. The summed E-state index contributed by atoms with van der Waals surface area (Å²) in [6.45, 7) is 1.71. The predicted octanol–water partition coefficient (Wildman–Crippen LogP) is 1.89. The lowest BCUT2D eigenvalue weighted by Gasteiger charge is -2.33. The number of rotatable bonds is 3. The number of nitriles is 1. The molecule has 1 unspecified atom stereocenters. The van der Waals surface area contributed by atoms with Gasteiger partial charge >= 0.3 is 0 Å². The summed E-state index contributed by atoms with van der Waals surface area (Å²) in [7, 11) is 0. The van der Waals surface area contributed by atoms with Crippen LogP contribution in [0.15, 0.2) is 34.4 Å². The van der Waals surface area contributed by atoms with Crippen molar-refractivity contribution in [1.29, 1.82) is 5.26 Å². The third-order valence-electron chi connectivity index (χ3n) is 4.89. The van der Waals surface area contributed by atoms with Gasteiger partial charge < -0.3 is 16.4 Å². The lowest BCUT2D eigenvalue weighted by atomic mass is 10.1. The van der Waals surface area contributed by atoms with Gasteiger partial charge in [0, 0.05) is 24.5 Å². The molecule has 4 rings (SSSR count). The van der Waals surface area contributed by atoms with Gasteiger partial charge in [0.05, 0.1) is 23.9 Å². The van der Waals surface area contributed by atoms with E-state index >= 15 is 0 Å². The van der Waals surface area contributed by atoms with E-state index < -0.39 is 0 Å². The third-order valence-corrected chi connectivity index (χ3v) is 5.87. The van der Waals surface area contributed by atoms with Gasteiger partial charge in [0.15, 0.2) is 0 Å². The van der Waals surface area contributed by atoms with Crippen LogP contribution < -0.4 is 21.9 Å². The van der Waals surface area contributed by atoms with Crippen LogP contribution in [-0.4, -0.2) is 28.7 Å². The van der Waals surface area contributed by atoms with Crippen LogP contribution in [0.2, 0.25) is 0 Å². The number of nitrogens with two attached hydrogens (primary N) is 2. The molecule has 3 aromatic rings. The van der Waals surface area contributed by atoms with E-state index in [1.807, 2.05) is 18.2 Å². The molecule has 138 valence electrons. The van der Waals surface area contributed by atoms with E-state index in [0.29, 0.717) is 34.0 Å². The van der Waals surface area contributed by atoms with Crippen molar-refractivity contribution in [2.75, 3.05) is 23.7 Å². The number of fused-ring (bicyclic) bond motifs is 1. The molecule has 1 aromatic carbocycles. The Morgan fingerprint density at radius 2 is 2.19 bits per heavy atom. The van der Waals surface area contributed by atoms with E-state index in [-0.39, 0.29) is 18.1 Å².